The van der Waals surface area contributed by atoms with Crippen LogP contribution >= 0.6 is 0 Å². The van der Waals surface area contributed by atoms with E-state index in [1.54, 1.807) is 30.3 Å². The van der Waals surface area contributed by atoms with Crippen molar-refractivity contribution < 1.29 is 46.4 Å². The number of methoxy groups -OCH3 is 7. The summed E-state index contributed by atoms with van der Waals surface area (Å²) >= 11 is 0. The summed E-state index contributed by atoms with van der Waals surface area (Å²) in [4.78, 5) is 17.4. The molecule has 12 nitrogen and oxygen atoms in total. The summed E-state index contributed by atoms with van der Waals surface area (Å²) in [5.41, 5.74) is 0.861. The number of rotatable bonds is 15. The molecule has 0 unspecified atom stereocenters. The molecule has 0 radical (unpaired) electrons. The molecular weight excluding hydrogens is 580 g/mol. The lowest BCUT2D eigenvalue weighted by Gasteiger charge is -2.13. The number of hydrogen-bond donors (Lipinski definition) is 1. The molecule has 0 amide bonds. The van der Waals surface area contributed by atoms with E-state index in [1.807, 2.05) is 0 Å². The maximum atomic E-state index is 13.0. The first kappa shape index (κ1) is 32.6. The van der Waals surface area contributed by atoms with E-state index in [0.29, 0.717) is 34.3 Å². The molecule has 230 valence electrons. The predicted molar refractivity (Wildman–Crippen MR) is 162 cm³/mol. The molecule has 0 aliphatic heterocycles. The molecule has 1 heterocycles. The average molecular weight is 615 g/mol. The quantitative estimate of drug-likeness (QED) is 0.190. The van der Waals surface area contributed by atoms with E-state index >= 15 is 0 Å². The van der Waals surface area contributed by atoms with Crippen molar-refractivity contribution >= 4 is 27.5 Å². The molecule has 0 atom stereocenters. The van der Waals surface area contributed by atoms with Gasteiger partial charge in [-0.05, 0) is 18.2 Å². The summed E-state index contributed by atoms with van der Waals surface area (Å²) in [7, 11) is 6.43. The fraction of sp³-hybridized carbons (Fsp3) is 0.267. The molecule has 0 aliphatic carbocycles. The van der Waals surface area contributed by atoms with Crippen LogP contribution in [0.4, 0.5) is 5.82 Å². The van der Waals surface area contributed by atoms with Gasteiger partial charge in [0.15, 0.2) is 27.2 Å². The number of carbonyl (C=O) groups is 1. The Morgan fingerprint density at radius 1 is 0.744 bits per heavy atom. The van der Waals surface area contributed by atoms with Crippen LogP contribution < -0.4 is 38.5 Å². The summed E-state index contributed by atoms with van der Waals surface area (Å²) in [5.74, 6) is 1.96. The summed E-state index contributed by atoms with van der Waals surface area (Å²) in [6.45, 7) is 0. The fourth-order valence-corrected chi connectivity index (χ4v) is 5.00. The molecule has 3 rings (SSSR count). The van der Waals surface area contributed by atoms with Crippen molar-refractivity contribution in [1.82, 2.24) is 4.98 Å². The molecule has 2 aromatic carbocycles. The Kier molecular flexibility index (Phi) is 11.2. The number of allylic oxidation sites excluding steroid dienone is 1. The average Bonchev–Trinajstić information content (AvgIpc) is 3.02. The number of ether oxygens (including phenoxy) is 7. The van der Waals surface area contributed by atoms with Crippen LogP contribution in [0.25, 0.3) is 6.08 Å². The number of nitrogens with one attached hydrogen (secondary N) is 1. The largest absolute Gasteiger partial charge is 0.496 e. The van der Waals surface area contributed by atoms with Crippen molar-refractivity contribution in [1.29, 1.82) is 0 Å². The number of ketones is 1. The van der Waals surface area contributed by atoms with Crippen LogP contribution in [0.2, 0.25) is 0 Å². The summed E-state index contributed by atoms with van der Waals surface area (Å²) in [6, 6.07) is 9.49. The van der Waals surface area contributed by atoms with Gasteiger partial charge < -0.3 is 38.5 Å². The lowest BCUT2D eigenvalue weighted by Crippen LogP contribution is -2.06. The number of sulfone groups is 1. The first-order valence-corrected chi connectivity index (χ1v) is 14.4. The molecule has 1 N–H and O–H groups in total. The van der Waals surface area contributed by atoms with Crippen LogP contribution in [-0.2, 0) is 15.6 Å². The number of carbonyl (C=O) groups excluding carboxylic acids is 1. The number of hydrogen-bond acceptors (Lipinski definition) is 12. The minimum absolute atomic E-state index is 0.195. The van der Waals surface area contributed by atoms with E-state index in [0.717, 1.165) is 5.41 Å². The number of nitrogens with zero attached hydrogens (tertiary/aromatic N) is 1. The van der Waals surface area contributed by atoms with Gasteiger partial charge in [0.05, 0.1) is 66.8 Å². The van der Waals surface area contributed by atoms with E-state index in [-0.39, 0.29) is 28.6 Å². The molecule has 0 bridgehead atoms. The molecule has 0 fully saturated rings. The normalized spacial score (nSPS) is 11.3. The van der Waals surface area contributed by atoms with Crippen LogP contribution in [0.3, 0.4) is 0 Å². The highest BCUT2D eigenvalue weighted by Crippen LogP contribution is 2.36. The third kappa shape index (κ3) is 8.10. The van der Waals surface area contributed by atoms with Gasteiger partial charge >= 0.3 is 0 Å². The summed E-state index contributed by atoms with van der Waals surface area (Å²) < 4.78 is 63.3. The Hall–Kier alpha value is -4.91. The lowest BCUT2D eigenvalue weighted by atomic mass is 10.1. The zero-order valence-corrected chi connectivity index (χ0v) is 25.7. The van der Waals surface area contributed by atoms with E-state index in [4.69, 9.17) is 33.2 Å². The smallest absolute Gasteiger partial charge is 0.194 e. The topological polar surface area (TPSA) is 141 Å². The van der Waals surface area contributed by atoms with Gasteiger partial charge in [0.2, 0.25) is 0 Å². The molecule has 1 aromatic heterocycles. The minimum atomic E-state index is -3.79. The van der Waals surface area contributed by atoms with Crippen molar-refractivity contribution in [2.75, 3.05) is 55.1 Å². The first-order chi connectivity index (χ1) is 20.6. The maximum Gasteiger partial charge on any atom is 0.194 e. The number of anilines is 1. The molecule has 13 heteroatoms. The van der Waals surface area contributed by atoms with Crippen LogP contribution in [0.5, 0.6) is 40.2 Å². The van der Waals surface area contributed by atoms with Gasteiger partial charge in [-0.2, -0.15) is 0 Å². The monoisotopic (exact) mass is 614 g/mol. The lowest BCUT2D eigenvalue weighted by molar-refractivity contribution is 0.104. The van der Waals surface area contributed by atoms with Crippen molar-refractivity contribution in [3.05, 3.63) is 70.9 Å². The SMILES string of the molecule is COc1cc(OC)c(C=CS(=O)(=O)Cc2ccc(OC)c(NC=CC(=O)c3c(OC)cc(OC)cc3OC)n2)c(OC)c1. The van der Waals surface area contributed by atoms with Crippen molar-refractivity contribution in [2.24, 2.45) is 0 Å². The Labute approximate surface area is 250 Å². The van der Waals surface area contributed by atoms with Crippen LogP contribution in [0, 0.1) is 0 Å². The molecule has 3 aromatic rings. The Morgan fingerprint density at radius 2 is 1.26 bits per heavy atom. The third-order valence-corrected chi connectivity index (χ3v) is 7.35. The van der Waals surface area contributed by atoms with Gasteiger partial charge in [-0.3, -0.25) is 4.79 Å². The highest BCUT2D eigenvalue weighted by atomic mass is 32.2. The number of benzene rings is 2. The van der Waals surface area contributed by atoms with E-state index in [1.165, 1.54) is 74.2 Å². The van der Waals surface area contributed by atoms with Gasteiger partial charge in [-0.25, -0.2) is 13.4 Å². The first-order valence-electron chi connectivity index (χ1n) is 12.7. The molecule has 0 spiro atoms. The standard InChI is InChI=1S/C30H34N2O10S/c1-36-20-14-25(39-4)22(26(15-20)40-5)11-13-43(34,35)18-19-8-9-24(38-3)30(32-19)31-12-10-23(33)29-27(41-6)16-21(37-2)17-28(29)42-7/h8-17H,18H2,1-7H3,(H,31,32). The molecule has 0 aliphatic rings. The van der Waals surface area contributed by atoms with Gasteiger partial charge in [-0.15, -0.1) is 0 Å². The second-order valence-electron chi connectivity index (χ2n) is 8.66. The van der Waals surface area contributed by atoms with Gasteiger partial charge in [0.1, 0.15) is 40.1 Å². The maximum absolute atomic E-state index is 13.0. The zero-order chi connectivity index (χ0) is 31.6. The van der Waals surface area contributed by atoms with Crippen LogP contribution in [0.15, 0.2) is 54.1 Å². The highest BCUT2D eigenvalue weighted by Gasteiger charge is 2.19. The number of pyridine rings is 1. The van der Waals surface area contributed by atoms with Crippen molar-refractivity contribution in [3.8, 4) is 40.2 Å². The Balaban J connectivity index is 1.83. The van der Waals surface area contributed by atoms with E-state index < -0.39 is 21.4 Å². The second-order valence-corrected chi connectivity index (χ2v) is 10.5. The van der Waals surface area contributed by atoms with E-state index in [9.17, 15) is 13.2 Å². The van der Waals surface area contributed by atoms with Crippen molar-refractivity contribution in [3.63, 3.8) is 0 Å². The zero-order valence-electron chi connectivity index (χ0n) is 24.9. The highest BCUT2D eigenvalue weighted by molar-refractivity contribution is 7.93. The van der Waals surface area contributed by atoms with Gasteiger partial charge in [0, 0.05) is 41.9 Å². The van der Waals surface area contributed by atoms with Crippen molar-refractivity contribution in [2.45, 2.75) is 5.75 Å². The predicted octanol–water partition coefficient (Wildman–Crippen LogP) is 4.54. The molecule has 0 saturated carbocycles. The molecule has 43 heavy (non-hydrogen) atoms. The minimum Gasteiger partial charge on any atom is -0.496 e. The van der Waals surface area contributed by atoms with Crippen LogP contribution in [0.1, 0.15) is 21.6 Å². The van der Waals surface area contributed by atoms with Gasteiger partial charge in [-0.1, -0.05) is 0 Å². The third-order valence-electron chi connectivity index (χ3n) is 6.10. The second kappa shape index (κ2) is 14.8. The van der Waals surface area contributed by atoms with Gasteiger partial charge in [0.25, 0.3) is 0 Å². The summed E-state index contributed by atoms with van der Waals surface area (Å²) in [5, 5.41) is 3.95. The molecule has 0 saturated heterocycles. The number of aromatic nitrogens is 1. The Morgan fingerprint density at radius 3 is 1.74 bits per heavy atom. The van der Waals surface area contributed by atoms with E-state index in [2.05, 4.69) is 10.3 Å². The summed E-state index contributed by atoms with van der Waals surface area (Å²) in [6.07, 6.45) is 4.01. The Bertz CT molecular complexity index is 1570. The molecular formula is C30H34N2O10S. The fourth-order valence-electron chi connectivity index (χ4n) is 3.99. The van der Waals surface area contributed by atoms with Crippen LogP contribution in [-0.4, -0.2) is 69.0 Å².